The van der Waals surface area contributed by atoms with Gasteiger partial charge in [-0.05, 0) is 19.4 Å². The van der Waals surface area contributed by atoms with E-state index in [-0.39, 0.29) is 24.1 Å². The molecule has 0 radical (unpaired) electrons. The summed E-state index contributed by atoms with van der Waals surface area (Å²) in [4.78, 5) is 24.7. The van der Waals surface area contributed by atoms with Crippen LogP contribution in [0, 0.1) is 0 Å². The number of carbonyl (C=O) groups excluding carboxylic acids is 1. The summed E-state index contributed by atoms with van der Waals surface area (Å²) in [5, 5.41) is 8.83. The van der Waals surface area contributed by atoms with Crippen LogP contribution >= 0.6 is 0 Å². The molecule has 0 aliphatic carbocycles. The molecule has 0 spiro atoms. The van der Waals surface area contributed by atoms with Crippen LogP contribution in [0.4, 0.5) is 0 Å². The number of carbonyl (C=O) groups is 1. The maximum Gasteiger partial charge on any atom is 0.291 e. The summed E-state index contributed by atoms with van der Waals surface area (Å²) < 4.78 is 3.08. The number of hydrogen-bond donors (Lipinski definition) is 1. The van der Waals surface area contributed by atoms with Crippen LogP contribution in [0.3, 0.4) is 0 Å². The van der Waals surface area contributed by atoms with Gasteiger partial charge in [0.05, 0.1) is 6.20 Å². The molecule has 1 atom stereocenters. The molecule has 0 unspecified atom stereocenters. The zero-order valence-electron chi connectivity index (χ0n) is 13.5. The summed E-state index contributed by atoms with van der Waals surface area (Å²) in [6.07, 6.45) is 2.51. The van der Waals surface area contributed by atoms with E-state index in [1.54, 1.807) is 6.20 Å². The third-order valence-electron chi connectivity index (χ3n) is 4.22. The number of fused-ring (bicyclic) bond motifs is 3. The summed E-state index contributed by atoms with van der Waals surface area (Å²) >= 11 is 0. The maximum absolute atomic E-state index is 12.7. The molecule has 3 rings (SSSR count). The van der Waals surface area contributed by atoms with Crippen LogP contribution in [0.1, 0.15) is 20.3 Å². The van der Waals surface area contributed by atoms with Gasteiger partial charge in [0.1, 0.15) is 12.1 Å². The Balaban J connectivity index is 2.06. The minimum Gasteiger partial charge on any atom is -0.352 e. The fourth-order valence-corrected chi connectivity index (χ4v) is 2.79. The van der Waals surface area contributed by atoms with Gasteiger partial charge in [-0.2, -0.15) is 5.10 Å². The first-order chi connectivity index (χ1) is 11.0. The van der Waals surface area contributed by atoms with Crippen molar-refractivity contribution in [1.82, 2.24) is 19.7 Å². The molecule has 6 nitrogen and oxygen atoms in total. The molecule has 1 aromatic carbocycles. The van der Waals surface area contributed by atoms with Gasteiger partial charge < -0.3 is 9.88 Å². The Bertz CT molecular complexity index is 939. The number of aromatic nitrogens is 3. The van der Waals surface area contributed by atoms with Gasteiger partial charge in [-0.25, -0.2) is 4.68 Å². The molecule has 0 aliphatic rings. The van der Waals surface area contributed by atoms with Crippen LogP contribution in [0.5, 0.6) is 0 Å². The molecule has 0 aliphatic heterocycles. The van der Waals surface area contributed by atoms with Gasteiger partial charge in [0.15, 0.2) is 0 Å². The van der Waals surface area contributed by atoms with Crippen LogP contribution in [0.25, 0.3) is 21.8 Å². The Labute approximate surface area is 133 Å². The smallest absolute Gasteiger partial charge is 0.291 e. The van der Waals surface area contributed by atoms with Gasteiger partial charge in [0.25, 0.3) is 5.56 Å². The molecule has 0 bridgehead atoms. The standard InChI is InChI=1S/C17H20N4O2/c1-4-11(2)19-15(22)10-21-17(23)16-13(9-18-21)12-7-5-6-8-14(12)20(16)3/h5-9,11H,4,10H2,1-3H3,(H,19,22)/t11-/m1/s1. The topological polar surface area (TPSA) is 68.9 Å². The van der Waals surface area contributed by atoms with Crippen LogP contribution in [0.2, 0.25) is 0 Å². The van der Waals surface area contributed by atoms with E-state index in [1.165, 1.54) is 4.68 Å². The van der Waals surface area contributed by atoms with Gasteiger partial charge in [-0.1, -0.05) is 25.1 Å². The van der Waals surface area contributed by atoms with Crippen molar-refractivity contribution in [3.8, 4) is 0 Å². The van der Waals surface area contributed by atoms with E-state index >= 15 is 0 Å². The molecule has 2 aromatic heterocycles. The van der Waals surface area contributed by atoms with Gasteiger partial charge in [0.2, 0.25) is 5.91 Å². The Morgan fingerprint density at radius 1 is 1.30 bits per heavy atom. The van der Waals surface area contributed by atoms with Crippen molar-refractivity contribution in [2.75, 3.05) is 0 Å². The van der Waals surface area contributed by atoms with E-state index in [0.717, 1.165) is 22.7 Å². The third-order valence-corrected chi connectivity index (χ3v) is 4.22. The van der Waals surface area contributed by atoms with Crippen molar-refractivity contribution >= 4 is 27.7 Å². The van der Waals surface area contributed by atoms with E-state index in [9.17, 15) is 9.59 Å². The predicted molar refractivity (Wildman–Crippen MR) is 90.4 cm³/mol. The van der Waals surface area contributed by atoms with Crippen LogP contribution in [0.15, 0.2) is 35.3 Å². The van der Waals surface area contributed by atoms with E-state index in [2.05, 4.69) is 10.4 Å². The Morgan fingerprint density at radius 2 is 2.04 bits per heavy atom. The fourth-order valence-electron chi connectivity index (χ4n) is 2.79. The molecule has 23 heavy (non-hydrogen) atoms. The van der Waals surface area contributed by atoms with Crippen molar-refractivity contribution in [2.45, 2.75) is 32.9 Å². The second kappa shape index (κ2) is 5.87. The van der Waals surface area contributed by atoms with Crippen LogP contribution in [-0.4, -0.2) is 26.3 Å². The highest BCUT2D eigenvalue weighted by molar-refractivity contribution is 6.07. The minimum atomic E-state index is -0.250. The quantitative estimate of drug-likeness (QED) is 0.799. The Morgan fingerprint density at radius 3 is 2.78 bits per heavy atom. The Kier molecular flexibility index (Phi) is 3.90. The highest BCUT2D eigenvalue weighted by Gasteiger charge is 2.15. The largest absolute Gasteiger partial charge is 0.352 e. The zero-order valence-corrected chi connectivity index (χ0v) is 13.5. The van der Waals surface area contributed by atoms with Crippen molar-refractivity contribution in [3.05, 3.63) is 40.8 Å². The van der Waals surface area contributed by atoms with Crippen LogP contribution in [-0.2, 0) is 18.4 Å². The van der Waals surface area contributed by atoms with Gasteiger partial charge in [-0.15, -0.1) is 0 Å². The van der Waals surface area contributed by atoms with Crippen molar-refractivity contribution < 1.29 is 4.79 Å². The lowest BCUT2D eigenvalue weighted by Gasteiger charge is -2.11. The predicted octanol–water partition coefficient (Wildman–Crippen LogP) is 1.80. The lowest BCUT2D eigenvalue weighted by Crippen LogP contribution is -2.38. The number of nitrogens with one attached hydrogen (secondary N) is 1. The first-order valence-electron chi connectivity index (χ1n) is 7.75. The van der Waals surface area contributed by atoms with Gasteiger partial charge >= 0.3 is 0 Å². The SMILES string of the molecule is CC[C@@H](C)NC(=O)Cn1ncc2c3ccccc3n(C)c2c1=O. The molecule has 0 saturated heterocycles. The number of nitrogens with zero attached hydrogens (tertiary/aromatic N) is 3. The maximum atomic E-state index is 12.7. The molecule has 3 aromatic rings. The van der Waals surface area contributed by atoms with E-state index in [4.69, 9.17) is 0 Å². The van der Waals surface area contributed by atoms with Crippen molar-refractivity contribution in [1.29, 1.82) is 0 Å². The molecule has 1 amide bonds. The van der Waals surface area contributed by atoms with Crippen molar-refractivity contribution in [3.63, 3.8) is 0 Å². The number of amides is 1. The first kappa shape index (κ1) is 15.3. The Hall–Kier alpha value is -2.63. The number of aryl methyl sites for hydroxylation is 1. The summed E-state index contributed by atoms with van der Waals surface area (Å²) in [6, 6.07) is 7.90. The number of rotatable bonds is 4. The molecule has 6 heteroatoms. The summed E-state index contributed by atoms with van der Waals surface area (Å²) in [5.41, 5.74) is 1.29. The molecule has 0 fully saturated rings. The third kappa shape index (κ3) is 2.60. The second-order valence-corrected chi connectivity index (χ2v) is 5.82. The minimum absolute atomic E-state index is 0.0688. The molecule has 2 heterocycles. The summed E-state index contributed by atoms with van der Waals surface area (Å²) in [6.45, 7) is 3.86. The second-order valence-electron chi connectivity index (χ2n) is 5.82. The molecule has 0 saturated carbocycles. The molecular weight excluding hydrogens is 292 g/mol. The lowest BCUT2D eigenvalue weighted by atomic mass is 10.2. The van der Waals surface area contributed by atoms with Crippen LogP contribution < -0.4 is 10.9 Å². The van der Waals surface area contributed by atoms with Crippen molar-refractivity contribution in [2.24, 2.45) is 7.05 Å². The molecule has 1 N–H and O–H groups in total. The number of hydrogen-bond acceptors (Lipinski definition) is 3. The highest BCUT2D eigenvalue weighted by Crippen LogP contribution is 2.24. The summed E-state index contributed by atoms with van der Waals surface area (Å²) in [5.74, 6) is -0.202. The molecular formula is C17H20N4O2. The average Bonchev–Trinajstić information content (AvgIpc) is 2.84. The molecule has 120 valence electrons. The van der Waals surface area contributed by atoms with E-state index in [0.29, 0.717) is 5.52 Å². The van der Waals surface area contributed by atoms with Gasteiger partial charge in [-0.3, -0.25) is 9.59 Å². The van der Waals surface area contributed by atoms with E-state index in [1.807, 2.05) is 49.7 Å². The van der Waals surface area contributed by atoms with Gasteiger partial charge in [0, 0.05) is 29.4 Å². The zero-order chi connectivity index (χ0) is 16.6. The average molecular weight is 312 g/mol. The van der Waals surface area contributed by atoms with E-state index < -0.39 is 0 Å². The number of para-hydroxylation sites is 1. The monoisotopic (exact) mass is 312 g/mol. The normalized spacial score (nSPS) is 12.7. The highest BCUT2D eigenvalue weighted by atomic mass is 16.2. The fraction of sp³-hybridized carbons (Fsp3) is 0.353. The first-order valence-corrected chi connectivity index (χ1v) is 7.75. The lowest BCUT2D eigenvalue weighted by molar-refractivity contribution is -0.122. The summed E-state index contributed by atoms with van der Waals surface area (Å²) in [7, 11) is 1.86. The number of benzene rings is 1.